The molecule has 0 aromatic heterocycles. The fraction of sp³-hybridized carbons (Fsp3) is 0.562. The van der Waals surface area contributed by atoms with Gasteiger partial charge < -0.3 is 14.8 Å². The fourth-order valence-corrected chi connectivity index (χ4v) is 2.88. The highest BCUT2D eigenvalue weighted by atomic mass is 16.3. The maximum Gasteiger partial charge on any atom is 0.131 e. The Labute approximate surface area is 115 Å². The average molecular weight is 261 g/mol. The molecule has 1 aromatic carbocycles. The summed E-state index contributed by atoms with van der Waals surface area (Å²) in [6, 6.07) is 9.93. The highest BCUT2D eigenvalue weighted by molar-refractivity contribution is 5.68. The van der Waals surface area contributed by atoms with Crippen LogP contribution in [0.15, 0.2) is 30.3 Å². The monoisotopic (exact) mass is 261 g/mol. The van der Waals surface area contributed by atoms with Gasteiger partial charge in [0.05, 0.1) is 11.5 Å². The Morgan fingerprint density at radius 3 is 2.68 bits per heavy atom. The zero-order valence-corrected chi connectivity index (χ0v) is 11.7. The van der Waals surface area contributed by atoms with Crippen LogP contribution in [0.25, 0.3) is 0 Å². The SMILES string of the molecule is CC(O)C1CCN(CC(C)(C=O)c2ccccc2)C1. The van der Waals surface area contributed by atoms with E-state index in [2.05, 4.69) is 4.90 Å². The molecule has 104 valence electrons. The number of hydrogen-bond donors (Lipinski definition) is 1. The van der Waals surface area contributed by atoms with Crippen molar-refractivity contribution in [2.45, 2.75) is 31.8 Å². The number of carbonyl (C=O) groups excluding carboxylic acids is 1. The number of aliphatic hydroxyl groups excluding tert-OH is 1. The summed E-state index contributed by atoms with van der Waals surface area (Å²) in [6.07, 6.45) is 1.81. The molecule has 1 aliphatic rings. The van der Waals surface area contributed by atoms with E-state index in [1.165, 1.54) is 0 Å². The van der Waals surface area contributed by atoms with Gasteiger partial charge in [0, 0.05) is 13.1 Å². The summed E-state index contributed by atoms with van der Waals surface area (Å²) in [5.41, 5.74) is 0.597. The second-order valence-electron chi connectivity index (χ2n) is 5.93. The average Bonchev–Trinajstić information content (AvgIpc) is 2.88. The van der Waals surface area contributed by atoms with Crippen molar-refractivity contribution in [2.24, 2.45) is 5.92 Å². The normalized spacial score (nSPS) is 24.9. The lowest BCUT2D eigenvalue weighted by Crippen LogP contribution is -2.39. The van der Waals surface area contributed by atoms with Gasteiger partial charge in [-0.15, -0.1) is 0 Å². The molecule has 3 atom stereocenters. The van der Waals surface area contributed by atoms with E-state index in [-0.39, 0.29) is 6.10 Å². The molecule has 1 fully saturated rings. The van der Waals surface area contributed by atoms with Gasteiger partial charge in [-0.3, -0.25) is 0 Å². The first-order valence-corrected chi connectivity index (χ1v) is 6.97. The first-order valence-electron chi connectivity index (χ1n) is 6.97. The van der Waals surface area contributed by atoms with E-state index < -0.39 is 5.41 Å². The molecule has 0 spiro atoms. The minimum absolute atomic E-state index is 0.260. The smallest absolute Gasteiger partial charge is 0.131 e. The third kappa shape index (κ3) is 3.23. The molecule has 0 radical (unpaired) electrons. The fourth-order valence-electron chi connectivity index (χ4n) is 2.88. The van der Waals surface area contributed by atoms with E-state index in [0.717, 1.165) is 37.9 Å². The van der Waals surface area contributed by atoms with Crippen molar-refractivity contribution < 1.29 is 9.90 Å². The molecular formula is C16H23NO2. The minimum atomic E-state index is -0.463. The highest BCUT2D eigenvalue weighted by Crippen LogP contribution is 2.27. The summed E-state index contributed by atoms with van der Waals surface area (Å²) in [5.74, 6) is 0.340. The molecular weight excluding hydrogens is 238 g/mol. The van der Waals surface area contributed by atoms with E-state index in [1.807, 2.05) is 44.2 Å². The van der Waals surface area contributed by atoms with Gasteiger partial charge in [0.15, 0.2) is 0 Å². The zero-order valence-electron chi connectivity index (χ0n) is 11.7. The maximum absolute atomic E-state index is 11.6. The van der Waals surface area contributed by atoms with E-state index in [1.54, 1.807) is 0 Å². The first kappa shape index (κ1) is 14.2. The summed E-state index contributed by atoms with van der Waals surface area (Å²) in [4.78, 5) is 13.8. The highest BCUT2D eigenvalue weighted by Gasteiger charge is 2.33. The molecule has 2 rings (SSSR count). The Balaban J connectivity index is 2.06. The Morgan fingerprint density at radius 2 is 2.16 bits per heavy atom. The molecule has 1 heterocycles. The topological polar surface area (TPSA) is 40.5 Å². The number of aliphatic hydroxyl groups is 1. The Morgan fingerprint density at radius 1 is 1.47 bits per heavy atom. The van der Waals surface area contributed by atoms with Gasteiger partial charge in [-0.25, -0.2) is 0 Å². The van der Waals surface area contributed by atoms with Crippen LogP contribution < -0.4 is 0 Å². The molecule has 3 nitrogen and oxygen atoms in total. The van der Waals surface area contributed by atoms with Gasteiger partial charge in [0.2, 0.25) is 0 Å². The predicted molar refractivity (Wildman–Crippen MR) is 76.1 cm³/mol. The summed E-state index contributed by atoms with van der Waals surface area (Å²) < 4.78 is 0. The third-order valence-corrected chi connectivity index (χ3v) is 4.24. The van der Waals surface area contributed by atoms with Gasteiger partial charge in [-0.2, -0.15) is 0 Å². The third-order valence-electron chi connectivity index (χ3n) is 4.24. The van der Waals surface area contributed by atoms with Crippen LogP contribution in [0.1, 0.15) is 25.8 Å². The molecule has 0 amide bonds. The molecule has 3 unspecified atom stereocenters. The van der Waals surface area contributed by atoms with Crippen molar-refractivity contribution in [1.29, 1.82) is 0 Å². The van der Waals surface area contributed by atoms with Gasteiger partial charge in [0.25, 0.3) is 0 Å². The molecule has 0 bridgehead atoms. The molecule has 1 N–H and O–H groups in total. The molecule has 1 saturated heterocycles. The largest absolute Gasteiger partial charge is 0.393 e. The lowest BCUT2D eigenvalue weighted by atomic mass is 9.83. The van der Waals surface area contributed by atoms with Crippen molar-refractivity contribution in [3.05, 3.63) is 35.9 Å². The number of nitrogens with zero attached hydrogens (tertiary/aromatic N) is 1. The van der Waals surface area contributed by atoms with Crippen LogP contribution in [0.5, 0.6) is 0 Å². The van der Waals surface area contributed by atoms with Crippen LogP contribution in [-0.2, 0) is 10.2 Å². The van der Waals surface area contributed by atoms with E-state index in [0.29, 0.717) is 5.92 Å². The summed E-state index contributed by atoms with van der Waals surface area (Å²) in [7, 11) is 0. The van der Waals surface area contributed by atoms with Crippen LogP contribution >= 0.6 is 0 Å². The van der Waals surface area contributed by atoms with Crippen molar-refractivity contribution in [3.63, 3.8) is 0 Å². The number of carbonyl (C=O) groups is 1. The van der Waals surface area contributed by atoms with Crippen LogP contribution in [-0.4, -0.2) is 42.0 Å². The van der Waals surface area contributed by atoms with Crippen LogP contribution in [0.4, 0.5) is 0 Å². The van der Waals surface area contributed by atoms with Gasteiger partial charge in [-0.1, -0.05) is 30.3 Å². The van der Waals surface area contributed by atoms with E-state index >= 15 is 0 Å². The number of likely N-dealkylation sites (tertiary alicyclic amines) is 1. The Kier molecular flexibility index (Phi) is 4.38. The molecule has 0 saturated carbocycles. The number of hydrogen-bond acceptors (Lipinski definition) is 3. The lowest BCUT2D eigenvalue weighted by molar-refractivity contribution is -0.112. The molecule has 1 aromatic rings. The molecule has 19 heavy (non-hydrogen) atoms. The van der Waals surface area contributed by atoms with Crippen LogP contribution in [0.2, 0.25) is 0 Å². The van der Waals surface area contributed by atoms with Crippen molar-refractivity contribution in [2.75, 3.05) is 19.6 Å². The standard InChI is InChI=1S/C16H23NO2/c1-13(19)14-8-9-17(10-14)11-16(2,12-18)15-6-4-3-5-7-15/h3-7,12-14,19H,8-11H2,1-2H3. The Hall–Kier alpha value is -1.19. The summed E-state index contributed by atoms with van der Waals surface area (Å²) >= 11 is 0. The summed E-state index contributed by atoms with van der Waals surface area (Å²) in [6.45, 7) is 6.42. The quantitative estimate of drug-likeness (QED) is 0.822. The van der Waals surface area contributed by atoms with Crippen LogP contribution in [0, 0.1) is 5.92 Å². The maximum atomic E-state index is 11.6. The number of rotatable bonds is 5. The number of benzene rings is 1. The molecule has 3 heteroatoms. The predicted octanol–water partition coefficient (Wildman–Crippen LogP) is 1.85. The van der Waals surface area contributed by atoms with Gasteiger partial charge >= 0.3 is 0 Å². The Bertz CT molecular complexity index is 418. The second kappa shape index (κ2) is 5.85. The summed E-state index contributed by atoms with van der Waals surface area (Å²) in [5, 5.41) is 9.65. The lowest BCUT2D eigenvalue weighted by Gasteiger charge is -2.29. The van der Waals surface area contributed by atoms with Crippen LogP contribution in [0.3, 0.4) is 0 Å². The van der Waals surface area contributed by atoms with E-state index in [9.17, 15) is 9.90 Å². The van der Waals surface area contributed by atoms with Crippen molar-refractivity contribution >= 4 is 6.29 Å². The van der Waals surface area contributed by atoms with Gasteiger partial charge in [0.1, 0.15) is 6.29 Å². The minimum Gasteiger partial charge on any atom is -0.393 e. The van der Waals surface area contributed by atoms with Crippen molar-refractivity contribution in [3.8, 4) is 0 Å². The molecule has 1 aliphatic heterocycles. The van der Waals surface area contributed by atoms with E-state index in [4.69, 9.17) is 0 Å². The zero-order chi connectivity index (χ0) is 13.9. The second-order valence-corrected chi connectivity index (χ2v) is 5.93. The van der Waals surface area contributed by atoms with Gasteiger partial charge in [-0.05, 0) is 38.3 Å². The first-order chi connectivity index (χ1) is 9.05. The van der Waals surface area contributed by atoms with Crippen molar-refractivity contribution in [1.82, 2.24) is 4.90 Å². The molecule has 0 aliphatic carbocycles. The number of aldehydes is 1.